The van der Waals surface area contributed by atoms with Gasteiger partial charge in [-0.25, -0.2) is 0 Å². The van der Waals surface area contributed by atoms with Crippen LogP contribution >= 0.6 is 0 Å². The summed E-state index contributed by atoms with van der Waals surface area (Å²) in [5.41, 5.74) is 0.271. The number of carbonyl (C=O) groups excluding carboxylic acids is 5. The second kappa shape index (κ2) is 10.2. The summed E-state index contributed by atoms with van der Waals surface area (Å²) in [5.74, 6) is -3.03. The average Bonchev–Trinajstić information content (AvgIpc) is 3.10. The second-order valence-electron chi connectivity index (χ2n) is 8.49. The number of nitrogens with zero attached hydrogens (tertiary/aromatic N) is 1. The van der Waals surface area contributed by atoms with Gasteiger partial charge in [0.2, 0.25) is 17.7 Å². The third-order valence-corrected chi connectivity index (χ3v) is 5.80. The molecule has 2 aliphatic heterocycles. The minimum Gasteiger partial charge on any atom is -0.351 e. The quantitative estimate of drug-likeness (QED) is 0.488. The third-order valence-electron chi connectivity index (χ3n) is 5.80. The number of rotatable bonds is 7. The Balaban J connectivity index is 1.35. The molecule has 37 heavy (non-hydrogen) atoms. The lowest BCUT2D eigenvalue weighted by atomic mass is 10.0. The van der Waals surface area contributed by atoms with Crippen molar-refractivity contribution in [1.82, 2.24) is 10.2 Å². The maximum atomic E-state index is 12.9. The SMILES string of the molecule is O=C1CCC(N2C(=O)C=C(Nc3cccc(CCC(=O)Nc4cccc(C(F)(F)F)c4)c3)C2=O)C(=O)N1. The summed E-state index contributed by atoms with van der Waals surface area (Å²) in [4.78, 5) is 61.7. The molecule has 2 heterocycles. The number of amides is 5. The number of carbonyl (C=O) groups is 5. The molecule has 1 fully saturated rings. The molecule has 2 aromatic carbocycles. The van der Waals surface area contributed by atoms with E-state index in [1.807, 2.05) is 0 Å². The topological polar surface area (TPSA) is 125 Å². The highest BCUT2D eigenvalue weighted by atomic mass is 19.4. The summed E-state index contributed by atoms with van der Waals surface area (Å²) in [6, 6.07) is 9.96. The standard InChI is InChI=1S/C25H21F3N4O5/c26-25(27,28)15-4-2-6-17(12-15)30-20(33)9-7-14-3-1-5-16(11-14)29-18-13-22(35)32(24(18)37)19-8-10-21(34)31-23(19)36/h1-6,11-13,19,29H,7-10H2,(H,30,33)(H,31,34,36). The van der Waals surface area contributed by atoms with Crippen molar-refractivity contribution in [2.45, 2.75) is 37.9 Å². The van der Waals surface area contributed by atoms with Gasteiger partial charge in [-0.3, -0.25) is 34.2 Å². The first-order chi connectivity index (χ1) is 17.5. The highest BCUT2D eigenvalue weighted by Gasteiger charge is 2.42. The molecule has 1 saturated heterocycles. The molecule has 2 aromatic rings. The minimum atomic E-state index is -4.52. The fourth-order valence-corrected chi connectivity index (χ4v) is 4.01. The summed E-state index contributed by atoms with van der Waals surface area (Å²) in [5, 5.41) is 7.41. The molecule has 2 aliphatic rings. The molecule has 0 spiro atoms. The first kappa shape index (κ1) is 25.6. The average molecular weight is 514 g/mol. The van der Waals surface area contributed by atoms with Crippen molar-refractivity contribution in [3.05, 3.63) is 71.4 Å². The van der Waals surface area contributed by atoms with Crippen molar-refractivity contribution in [2.75, 3.05) is 10.6 Å². The molecule has 0 aliphatic carbocycles. The van der Waals surface area contributed by atoms with Crippen LogP contribution in [0, 0.1) is 0 Å². The largest absolute Gasteiger partial charge is 0.416 e. The Labute approximate surface area is 208 Å². The van der Waals surface area contributed by atoms with Crippen LogP contribution in [0.3, 0.4) is 0 Å². The third kappa shape index (κ3) is 6.02. The zero-order chi connectivity index (χ0) is 26.7. The number of aryl methyl sites for hydroxylation is 1. The number of hydrogen-bond acceptors (Lipinski definition) is 6. The molecule has 0 bridgehead atoms. The van der Waals surface area contributed by atoms with Crippen LogP contribution in [0.5, 0.6) is 0 Å². The van der Waals surface area contributed by atoms with E-state index >= 15 is 0 Å². The Kier molecular flexibility index (Phi) is 7.09. The summed E-state index contributed by atoms with van der Waals surface area (Å²) in [6.07, 6.45) is -3.15. The number of benzene rings is 2. The lowest BCUT2D eigenvalue weighted by Gasteiger charge is -2.28. The van der Waals surface area contributed by atoms with Crippen LogP contribution in [-0.4, -0.2) is 40.5 Å². The van der Waals surface area contributed by atoms with Crippen LogP contribution in [0.25, 0.3) is 0 Å². The van der Waals surface area contributed by atoms with Gasteiger partial charge in [0.25, 0.3) is 11.8 Å². The first-order valence-electron chi connectivity index (χ1n) is 11.3. The van der Waals surface area contributed by atoms with Gasteiger partial charge in [0.05, 0.1) is 5.56 Å². The van der Waals surface area contributed by atoms with Gasteiger partial charge in [0.15, 0.2) is 0 Å². The van der Waals surface area contributed by atoms with Crippen LogP contribution in [0.4, 0.5) is 24.5 Å². The van der Waals surface area contributed by atoms with Gasteiger partial charge in [0, 0.05) is 30.3 Å². The number of hydrogen-bond donors (Lipinski definition) is 3. The zero-order valence-electron chi connectivity index (χ0n) is 19.2. The molecule has 1 atom stereocenters. The second-order valence-corrected chi connectivity index (χ2v) is 8.49. The first-order valence-corrected chi connectivity index (χ1v) is 11.3. The van der Waals surface area contributed by atoms with Crippen LogP contribution in [0.15, 0.2) is 60.3 Å². The summed E-state index contributed by atoms with van der Waals surface area (Å²) in [6.45, 7) is 0. The van der Waals surface area contributed by atoms with E-state index in [0.717, 1.165) is 23.1 Å². The molecular weight excluding hydrogens is 493 g/mol. The van der Waals surface area contributed by atoms with Gasteiger partial charge < -0.3 is 10.6 Å². The van der Waals surface area contributed by atoms with Gasteiger partial charge in [0.1, 0.15) is 11.7 Å². The fourth-order valence-electron chi connectivity index (χ4n) is 4.01. The smallest absolute Gasteiger partial charge is 0.351 e. The normalized spacial score (nSPS) is 18.0. The molecule has 0 aromatic heterocycles. The summed E-state index contributed by atoms with van der Waals surface area (Å²) >= 11 is 0. The lowest BCUT2D eigenvalue weighted by molar-refractivity contribution is -0.149. The Morgan fingerprint density at radius 2 is 1.76 bits per heavy atom. The van der Waals surface area contributed by atoms with Gasteiger partial charge in [-0.15, -0.1) is 0 Å². The Morgan fingerprint density at radius 1 is 1.03 bits per heavy atom. The van der Waals surface area contributed by atoms with Crippen molar-refractivity contribution in [3.8, 4) is 0 Å². The highest BCUT2D eigenvalue weighted by Crippen LogP contribution is 2.30. The number of alkyl halides is 3. The molecule has 5 amide bonds. The molecule has 12 heteroatoms. The van der Waals surface area contributed by atoms with E-state index in [1.54, 1.807) is 24.3 Å². The van der Waals surface area contributed by atoms with Gasteiger partial charge >= 0.3 is 6.18 Å². The van der Waals surface area contributed by atoms with E-state index in [9.17, 15) is 37.1 Å². The van der Waals surface area contributed by atoms with Crippen LogP contribution in [0.2, 0.25) is 0 Å². The van der Waals surface area contributed by atoms with E-state index in [4.69, 9.17) is 0 Å². The number of anilines is 2. The van der Waals surface area contributed by atoms with Crippen LogP contribution in [0.1, 0.15) is 30.4 Å². The molecule has 4 rings (SSSR count). The van der Waals surface area contributed by atoms with E-state index in [-0.39, 0.29) is 37.1 Å². The van der Waals surface area contributed by atoms with Gasteiger partial charge in [-0.1, -0.05) is 18.2 Å². The van der Waals surface area contributed by atoms with Crippen LogP contribution in [-0.2, 0) is 36.6 Å². The lowest BCUT2D eigenvalue weighted by Crippen LogP contribution is -2.54. The highest BCUT2D eigenvalue weighted by molar-refractivity contribution is 6.20. The number of imide groups is 2. The number of piperidine rings is 1. The van der Waals surface area contributed by atoms with Crippen molar-refractivity contribution in [2.24, 2.45) is 0 Å². The molecule has 3 N–H and O–H groups in total. The summed E-state index contributed by atoms with van der Waals surface area (Å²) < 4.78 is 38.6. The predicted octanol–water partition coefficient (Wildman–Crippen LogP) is 2.75. The van der Waals surface area contributed by atoms with E-state index in [0.29, 0.717) is 11.3 Å². The van der Waals surface area contributed by atoms with Crippen molar-refractivity contribution in [3.63, 3.8) is 0 Å². The molecular formula is C25H21F3N4O5. The molecule has 0 radical (unpaired) electrons. The van der Waals surface area contributed by atoms with Crippen molar-refractivity contribution in [1.29, 1.82) is 0 Å². The van der Waals surface area contributed by atoms with E-state index in [1.165, 1.54) is 12.1 Å². The fraction of sp³-hybridized carbons (Fsp3) is 0.240. The number of halogens is 3. The maximum Gasteiger partial charge on any atom is 0.416 e. The van der Waals surface area contributed by atoms with Gasteiger partial charge in [-0.05, 0) is 48.7 Å². The molecule has 1 unspecified atom stereocenters. The number of nitrogens with one attached hydrogen (secondary N) is 3. The van der Waals surface area contributed by atoms with E-state index < -0.39 is 47.3 Å². The molecule has 0 saturated carbocycles. The minimum absolute atomic E-state index is 0.0108. The van der Waals surface area contributed by atoms with Gasteiger partial charge in [-0.2, -0.15) is 13.2 Å². The van der Waals surface area contributed by atoms with Crippen molar-refractivity contribution >= 4 is 40.9 Å². The molecule has 9 nitrogen and oxygen atoms in total. The summed E-state index contributed by atoms with van der Waals surface area (Å²) in [7, 11) is 0. The predicted molar refractivity (Wildman–Crippen MR) is 125 cm³/mol. The zero-order valence-corrected chi connectivity index (χ0v) is 19.2. The van der Waals surface area contributed by atoms with E-state index in [2.05, 4.69) is 16.0 Å². The Bertz CT molecular complexity index is 1320. The maximum absolute atomic E-state index is 12.9. The Morgan fingerprint density at radius 3 is 2.49 bits per heavy atom. The molecule has 192 valence electrons. The van der Waals surface area contributed by atoms with Crippen molar-refractivity contribution < 1.29 is 37.1 Å². The van der Waals surface area contributed by atoms with Crippen LogP contribution < -0.4 is 16.0 Å². The monoisotopic (exact) mass is 514 g/mol. The Hall–Kier alpha value is -4.48.